The predicted molar refractivity (Wildman–Crippen MR) is 155 cm³/mol. The molecular formula is C33H30O6Si. The summed E-state index contributed by atoms with van der Waals surface area (Å²) in [6.07, 6.45) is -1.72. The van der Waals surface area contributed by atoms with Crippen molar-refractivity contribution >= 4 is 25.3 Å². The van der Waals surface area contributed by atoms with Gasteiger partial charge in [0.05, 0.1) is 20.1 Å². The third-order valence-corrected chi connectivity index (χ3v) is 10.4. The van der Waals surface area contributed by atoms with Gasteiger partial charge in [0.1, 0.15) is 0 Å². The number of hydrogen-bond donors (Lipinski definition) is 0. The molecule has 0 aromatic heterocycles. The SMILES string of the molecule is COc1cc2c(cc1OC)[Si](C)(C)O[C@@H](C(=O)OC1c3ccccc3-c3ccccc31)[C@@H]2C(=O)c1ccccc1. The first kappa shape index (κ1) is 26.0. The minimum absolute atomic E-state index is 0.215. The van der Waals surface area contributed by atoms with Crippen LogP contribution in [0.15, 0.2) is 91.0 Å². The van der Waals surface area contributed by atoms with Crippen molar-refractivity contribution < 1.29 is 28.2 Å². The van der Waals surface area contributed by atoms with Crippen molar-refractivity contribution in [3.63, 3.8) is 0 Å². The molecule has 202 valence electrons. The fourth-order valence-electron chi connectivity index (χ4n) is 5.95. The van der Waals surface area contributed by atoms with Crippen LogP contribution in [0.2, 0.25) is 13.1 Å². The first-order valence-electron chi connectivity index (χ1n) is 13.3. The number of rotatable bonds is 6. The van der Waals surface area contributed by atoms with Crippen molar-refractivity contribution in [1.29, 1.82) is 0 Å². The molecule has 0 amide bonds. The largest absolute Gasteiger partial charge is 0.493 e. The van der Waals surface area contributed by atoms with Gasteiger partial charge in [-0.1, -0.05) is 78.9 Å². The maximum absolute atomic E-state index is 14.2. The lowest BCUT2D eigenvalue weighted by Crippen LogP contribution is -2.58. The normalized spacial score (nSPS) is 18.7. The number of carbonyl (C=O) groups excluding carboxylic acids is 2. The summed E-state index contributed by atoms with van der Waals surface area (Å²) in [6, 6.07) is 28.6. The third-order valence-electron chi connectivity index (χ3n) is 7.85. The molecule has 0 N–H and O–H groups in total. The van der Waals surface area contributed by atoms with Crippen molar-refractivity contribution in [3.05, 3.63) is 113 Å². The highest BCUT2D eigenvalue weighted by Gasteiger charge is 2.50. The van der Waals surface area contributed by atoms with Gasteiger partial charge in [0.25, 0.3) is 0 Å². The van der Waals surface area contributed by atoms with E-state index in [0.29, 0.717) is 22.6 Å². The van der Waals surface area contributed by atoms with Crippen LogP contribution in [-0.2, 0) is 14.0 Å². The Morgan fingerprint density at radius 2 is 1.27 bits per heavy atom. The molecule has 40 heavy (non-hydrogen) atoms. The second kappa shape index (κ2) is 10.1. The van der Waals surface area contributed by atoms with Crippen LogP contribution in [0.25, 0.3) is 11.1 Å². The summed E-state index contributed by atoms with van der Waals surface area (Å²) < 4.78 is 24.1. The van der Waals surface area contributed by atoms with Gasteiger partial charge in [0.15, 0.2) is 29.5 Å². The number of hydrogen-bond acceptors (Lipinski definition) is 6. The third kappa shape index (κ3) is 4.22. The summed E-state index contributed by atoms with van der Waals surface area (Å²) in [5, 5.41) is 0.889. The van der Waals surface area contributed by atoms with Gasteiger partial charge in [-0.15, -0.1) is 0 Å². The smallest absolute Gasteiger partial charge is 0.336 e. The first-order valence-corrected chi connectivity index (χ1v) is 16.2. The Balaban J connectivity index is 1.46. The Hall–Kier alpha value is -4.20. The predicted octanol–water partition coefficient (Wildman–Crippen LogP) is 5.79. The molecule has 7 heteroatoms. The number of ether oxygens (including phenoxy) is 3. The lowest BCUT2D eigenvalue weighted by molar-refractivity contribution is -0.157. The summed E-state index contributed by atoms with van der Waals surface area (Å²) in [6.45, 7) is 4.03. The van der Waals surface area contributed by atoms with Crippen molar-refractivity contribution in [2.45, 2.75) is 31.2 Å². The van der Waals surface area contributed by atoms with Gasteiger partial charge in [-0.3, -0.25) is 4.79 Å². The van der Waals surface area contributed by atoms with Crippen LogP contribution in [0, 0.1) is 0 Å². The van der Waals surface area contributed by atoms with Crippen LogP contribution >= 0.6 is 0 Å². The summed E-state index contributed by atoms with van der Waals surface area (Å²) in [4.78, 5) is 28.3. The van der Waals surface area contributed by atoms with Gasteiger partial charge in [0.2, 0.25) is 8.32 Å². The highest BCUT2D eigenvalue weighted by atomic mass is 28.4. The van der Waals surface area contributed by atoms with E-state index in [1.54, 1.807) is 26.4 Å². The van der Waals surface area contributed by atoms with Gasteiger partial charge >= 0.3 is 5.97 Å². The molecule has 4 aromatic rings. The van der Waals surface area contributed by atoms with E-state index in [1.165, 1.54) is 0 Å². The maximum atomic E-state index is 14.2. The number of ketones is 1. The van der Waals surface area contributed by atoms with Crippen LogP contribution < -0.4 is 14.7 Å². The molecule has 0 saturated carbocycles. The van der Waals surface area contributed by atoms with Crippen LogP contribution in [0.1, 0.15) is 39.1 Å². The van der Waals surface area contributed by atoms with Gasteiger partial charge in [0, 0.05) is 16.7 Å². The Labute approximate surface area is 234 Å². The average molecular weight is 551 g/mol. The van der Waals surface area contributed by atoms with Gasteiger partial charge < -0.3 is 18.6 Å². The van der Waals surface area contributed by atoms with E-state index in [0.717, 1.165) is 27.4 Å². The van der Waals surface area contributed by atoms with E-state index in [4.69, 9.17) is 18.6 Å². The molecule has 4 aromatic carbocycles. The molecule has 2 atom stereocenters. The lowest BCUT2D eigenvalue weighted by Gasteiger charge is -2.40. The molecule has 0 saturated heterocycles. The standard InChI is InChI=1S/C33H30O6Si/c1-36-26-18-25-28(19-27(26)37-2)40(3,4)39-32(29(25)30(34)20-12-6-5-7-13-20)33(35)38-31-23-16-10-8-14-21(23)22-15-9-11-17-24(22)31/h5-19,29,31-32H,1-4H3/t29-,32+/m0/s1. The lowest BCUT2D eigenvalue weighted by atomic mass is 9.85. The molecule has 1 aliphatic carbocycles. The molecule has 1 aliphatic heterocycles. The molecule has 0 fully saturated rings. The van der Waals surface area contributed by atoms with Crippen molar-refractivity contribution in [3.8, 4) is 22.6 Å². The Bertz CT molecular complexity index is 1570. The second-order valence-corrected chi connectivity index (χ2v) is 14.3. The average Bonchev–Trinajstić information content (AvgIpc) is 3.29. The summed E-state index contributed by atoms with van der Waals surface area (Å²) in [7, 11) is 0.436. The van der Waals surface area contributed by atoms with Crippen LogP contribution in [0.3, 0.4) is 0 Å². The Morgan fingerprint density at radius 1 is 0.725 bits per heavy atom. The van der Waals surface area contributed by atoms with Crippen LogP contribution in [-0.4, -0.2) is 40.4 Å². The van der Waals surface area contributed by atoms with E-state index < -0.39 is 32.4 Å². The highest BCUT2D eigenvalue weighted by molar-refractivity contribution is 6.85. The zero-order valence-electron chi connectivity index (χ0n) is 22.8. The maximum Gasteiger partial charge on any atom is 0.336 e. The molecule has 6 nitrogen and oxygen atoms in total. The summed E-state index contributed by atoms with van der Waals surface area (Å²) in [5.74, 6) is -0.655. The van der Waals surface area contributed by atoms with E-state index >= 15 is 0 Å². The first-order chi connectivity index (χ1) is 19.3. The topological polar surface area (TPSA) is 71.1 Å². The van der Waals surface area contributed by atoms with Gasteiger partial charge in [-0.2, -0.15) is 0 Å². The fraction of sp³-hybridized carbons (Fsp3) is 0.212. The van der Waals surface area contributed by atoms with Gasteiger partial charge in [-0.25, -0.2) is 4.79 Å². The number of fused-ring (bicyclic) bond motifs is 4. The summed E-state index contributed by atoms with van der Waals surface area (Å²) >= 11 is 0. The monoisotopic (exact) mass is 550 g/mol. The number of benzene rings is 4. The van der Waals surface area contributed by atoms with E-state index in [1.807, 2.05) is 92.0 Å². The molecule has 0 unspecified atom stereocenters. The molecule has 1 heterocycles. The second-order valence-electron chi connectivity index (χ2n) is 10.5. The molecule has 2 aliphatic rings. The van der Waals surface area contributed by atoms with E-state index in [-0.39, 0.29) is 5.78 Å². The van der Waals surface area contributed by atoms with E-state index in [2.05, 4.69) is 0 Å². The molecule has 6 rings (SSSR count). The quantitative estimate of drug-likeness (QED) is 0.172. The van der Waals surface area contributed by atoms with E-state index in [9.17, 15) is 9.59 Å². The van der Waals surface area contributed by atoms with Crippen molar-refractivity contribution in [2.75, 3.05) is 14.2 Å². The molecule has 0 radical (unpaired) electrons. The number of Topliss-reactive ketones (excluding diaryl/α,β-unsaturated/α-hetero) is 1. The minimum Gasteiger partial charge on any atom is -0.493 e. The highest BCUT2D eigenvalue weighted by Crippen LogP contribution is 2.46. The van der Waals surface area contributed by atoms with Crippen LogP contribution in [0.4, 0.5) is 0 Å². The minimum atomic E-state index is -2.70. The number of esters is 1. The zero-order chi connectivity index (χ0) is 28.0. The van der Waals surface area contributed by atoms with Crippen molar-refractivity contribution in [2.24, 2.45) is 0 Å². The molecule has 0 bridgehead atoms. The fourth-order valence-corrected chi connectivity index (χ4v) is 8.35. The molecular weight excluding hydrogens is 520 g/mol. The van der Waals surface area contributed by atoms with Crippen LogP contribution in [0.5, 0.6) is 11.5 Å². The van der Waals surface area contributed by atoms with Gasteiger partial charge in [-0.05, 0) is 47.1 Å². The number of carbonyl (C=O) groups is 2. The Kier molecular flexibility index (Phi) is 6.56. The Morgan fingerprint density at radius 3 is 1.88 bits per heavy atom. The zero-order valence-corrected chi connectivity index (χ0v) is 23.8. The summed E-state index contributed by atoms with van der Waals surface area (Å²) in [5.41, 5.74) is 5.11. The van der Waals surface area contributed by atoms with Crippen molar-refractivity contribution in [1.82, 2.24) is 0 Å². The number of methoxy groups -OCH3 is 2. The molecule has 0 spiro atoms.